The molecule has 0 saturated heterocycles. The molecule has 0 spiro atoms. The average molecular weight is 257 g/mol. The van der Waals surface area contributed by atoms with Crippen LogP contribution < -0.4 is 10.0 Å². The van der Waals surface area contributed by atoms with Crippen molar-refractivity contribution in [2.45, 2.75) is 31.7 Å². The number of aromatic nitrogens is 1. The second-order valence-electron chi connectivity index (χ2n) is 3.87. The van der Waals surface area contributed by atoms with Crippen LogP contribution in [0.25, 0.3) is 0 Å². The van der Waals surface area contributed by atoms with E-state index in [0.29, 0.717) is 5.56 Å². The van der Waals surface area contributed by atoms with Crippen LogP contribution in [0.3, 0.4) is 0 Å². The number of rotatable bonds is 3. The van der Waals surface area contributed by atoms with E-state index in [0.717, 1.165) is 0 Å². The van der Waals surface area contributed by atoms with E-state index in [1.165, 1.54) is 12.4 Å². The molecule has 17 heavy (non-hydrogen) atoms. The molecule has 0 radical (unpaired) electrons. The Kier molecular flexibility index (Phi) is 4.06. The predicted octanol–water partition coefficient (Wildman–Crippen LogP) is 0.786. The smallest absolute Gasteiger partial charge is 0.328 e. The molecule has 1 aromatic rings. The summed E-state index contributed by atoms with van der Waals surface area (Å²) in [5.74, 6) is 0. The summed E-state index contributed by atoms with van der Waals surface area (Å²) < 4.78 is 25.6. The Bertz CT molecular complexity index is 511. The molecular formula is C10H15N3O3S. The molecule has 94 valence electrons. The Morgan fingerprint density at radius 3 is 2.59 bits per heavy atom. The summed E-state index contributed by atoms with van der Waals surface area (Å²) in [5.41, 5.74) is 0.532. The molecule has 1 aromatic heterocycles. The highest BCUT2D eigenvalue weighted by molar-refractivity contribution is 7.90. The van der Waals surface area contributed by atoms with Crippen LogP contribution in [0.2, 0.25) is 0 Å². The van der Waals surface area contributed by atoms with E-state index in [-0.39, 0.29) is 10.9 Å². The molecule has 0 aliphatic carbocycles. The fourth-order valence-corrected chi connectivity index (χ4v) is 2.30. The average Bonchev–Trinajstić information content (AvgIpc) is 2.15. The van der Waals surface area contributed by atoms with Gasteiger partial charge in [0.25, 0.3) is 10.0 Å². The van der Waals surface area contributed by atoms with Gasteiger partial charge in [-0.15, -0.1) is 0 Å². The molecule has 0 fully saturated rings. The third kappa shape index (κ3) is 3.70. The number of carbonyl (C=O) groups excluding carboxylic acids is 1. The van der Waals surface area contributed by atoms with Gasteiger partial charge in [0.2, 0.25) is 0 Å². The Balaban J connectivity index is 2.91. The Labute approximate surface area is 100 Å². The quantitative estimate of drug-likeness (QED) is 0.837. The van der Waals surface area contributed by atoms with Crippen LogP contribution in [0.5, 0.6) is 0 Å². The summed E-state index contributed by atoms with van der Waals surface area (Å²) in [7, 11) is -3.86. The van der Waals surface area contributed by atoms with E-state index in [9.17, 15) is 13.2 Å². The minimum atomic E-state index is -3.86. The van der Waals surface area contributed by atoms with Gasteiger partial charge >= 0.3 is 6.03 Å². The molecular weight excluding hydrogens is 242 g/mol. The van der Waals surface area contributed by atoms with Gasteiger partial charge in [0, 0.05) is 18.4 Å². The SMILES string of the molecule is Cc1ccncc1S(=O)(=O)NC(=O)NC(C)C. The second kappa shape index (κ2) is 5.13. The molecule has 0 bridgehead atoms. The van der Waals surface area contributed by atoms with Crippen molar-refractivity contribution >= 4 is 16.1 Å². The summed E-state index contributed by atoms with van der Waals surface area (Å²) in [6.45, 7) is 5.11. The van der Waals surface area contributed by atoms with Gasteiger partial charge in [0.15, 0.2) is 0 Å². The number of sulfonamides is 1. The summed E-state index contributed by atoms with van der Waals surface area (Å²) in [6.07, 6.45) is 2.70. The van der Waals surface area contributed by atoms with Crippen LogP contribution in [-0.2, 0) is 10.0 Å². The number of amides is 2. The highest BCUT2D eigenvalue weighted by atomic mass is 32.2. The lowest BCUT2D eigenvalue weighted by molar-refractivity contribution is 0.243. The van der Waals surface area contributed by atoms with Gasteiger partial charge in [-0.3, -0.25) is 4.98 Å². The van der Waals surface area contributed by atoms with E-state index in [4.69, 9.17) is 0 Å². The van der Waals surface area contributed by atoms with Gasteiger partial charge in [0.1, 0.15) is 4.90 Å². The topological polar surface area (TPSA) is 88.2 Å². The van der Waals surface area contributed by atoms with Gasteiger partial charge in [0.05, 0.1) is 0 Å². The van der Waals surface area contributed by atoms with Crippen molar-refractivity contribution in [3.63, 3.8) is 0 Å². The minimum absolute atomic E-state index is 0.00101. The van der Waals surface area contributed by atoms with Crippen molar-refractivity contribution < 1.29 is 13.2 Å². The molecule has 0 saturated carbocycles. The van der Waals surface area contributed by atoms with E-state index < -0.39 is 16.1 Å². The molecule has 2 N–H and O–H groups in total. The van der Waals surface area contributed by atoms with E-state index in [2.05, 4.69) is 10.3 Å². The van der Waals surface area contributed by atoms with Crippen LogP contribution >= 0.6 is 0 Å². The van der Waals surface area contributed by atoms with Crippen LogP contribution in [0, 0.1) is 6.92 Å². The first-order valence-corrected chi connectivity index (χ1v) is 6.55. The van der Waals surface area contributed by atoms with Gasteiger partial charge in [-0.25, -0.2) is 17.9 Å². The second-order valence-corrected chi connectivity index (χ2v) is 5.53. The number of nitrogens with zero attached hydrogens (tertiary/aromatic N) is 1. The lowest BCUT2D eigenvalue weighted by Crippen LogP contribution is -2.42. The third-order valence-electron chi connectivity index (χ3n) is 1.93. The van der Waals surface area contributed by atoms with Crippen LogP contribution in [-0.4, -0.2) is 25.5 Å². The van der Waals surface area contributed by atoms with E-state index >= 15 is 0 Å². The molecule has 6 nitrogen and oxygen atoms in total. The monoisotopic (exact) mass is 257 g/mol. The minimum Gasteiger partial charge on any atom is -0.335 e. The number of aryl methyl sites for hydroxylation is 1. The molecule has 2 amide bonds. The fourth-order valence-electron chi connectivity index (χ4n) is 1.20. The number of pyridine rings is 1. The molecule has 0 atom stereocenters. The number of carbonyl (C=O) groups is 1. The highest BCUT2D eigenvalue weighted by Gasteiger charge is 2.19. The van der Waals surface area contributed by atoms with Crippen molar-refractivity contribution in [2.75, 3.05) is 0 Å². The van der Waals surface area contributed by atoms with Gasteiger partial charge in [-0.2, -0.15) is 0 Å². The molecule has 7 heteroatoms. The normalized spacial score (nSPS) is 11.3. The summed E-state index contributed by atoms with van der Waals surface area (Å²) in [4.78, 5) is 15.1. The van der Waals surface area contributed by atoms with Gasteiger partial charge in [-0.1, -0.05) is 0 Å². The number of nitrogens with one attached hydrogen (secondary N) is 2. The summed E-state index contributed by atoms with van der Waals surface area (Å²) in [6, 6.07) is 0.679. The molecule has 1 rings (SSSR count). The molecule has 0 aliphatic rings. The molecule has 0 aromatic carbocycles. The predicted molar refractivity (Wildman–Crippen MR) is 63.0 cm³/mol. The van der Waals surface area contributed by atoms with Crippen LogP contribution in [0.4, 0.5) is 4.79 Å². The number of hydrogen-bond donors (Lipinski definition) is 2. The van der Waals surface area contributed by atoms with Crippen molar-refractivity contribution in [1.29, 1.82) is 0 Å². The highest BCUT2D eigenvalue weighted by Crippen LogP contribution is 2.11. The summed E-state index contributed by atoms with van der Waals surface area (Å²) >= 11 is 0. The zero-order chi connectivity index (χ0) is 13.1. The Morgan fingerprint density at radius 2 is 2.06 bits per heavy atom. The van der Waals surface area contributed by atoms with Crippen LogP contribution in [0.1, 0.15) is 19.4 Å². The largest absolute Gasteiger partial charge is 0.335 e. The maximum absolute atomic E-state index is 11.8. The first-order valence-electron chi connectivity index (χ1n) is 5.07. The molecule has 1 heterocycles. The standard InChI is InChI=1S/C10H15N3O3S/c1-7(2)12-10(14)13-17(15,16)9-6-11-5-4-8(9)3/h4-7H,1-3H3,(H2,12,13,14). The third-order valence-corrected chi connectivity index (χ3v) is 3.39. The van der Waals surface area contributed by atoms with Crippen molar-refractivity contribution in [2.24, 2.45) is 0 Å². The van der Waals surface area contributed by atoms with Crippen LogP contribution in [0.15, 0.2) is 23.4 Å². The van der Waals surface area contributed by atoms with E-state index in [1.807, 2.05) is 4.72 Å². The van der Waals surface area contributed by atoms with E-state index in [1.54, 1.807) is 26.8 Å². The lowest BCUT2D eigenvalue weighted by Gasteiger charge is -2.11. The first-order chi connectivity index (χ1) is 7.83. The molecule has 0 unspecified atom stereocenters. The van der Waals surface area contributed by atoms with Gasteiger partial charge < -0.3 is 5.32 Å². The lowest BCUT2D eigenvalue weighted by atomic mass is 10.3. The Hall–Kier alpha value is -1.63. The maximum atomic E-state index is 11.8. The molecule has 0 aliphatic heterocycles. The fraction of sp³-hybridized carbons (Fsp3) is 0.400. The number of urea groups is 1. The zero-order valence-electron chi connectivity index (χ0n) is 9.89. The number of hydrogen-bond acceptors (Lipinski definition) is 4. The van der Waals surface area contributed by atoms with Crippen molar-refractivity contribution in [3.05, 3.63) is 24.0 Å². The summed E-state index contributed by atoms with van der Waals surface area (Å²) in [5, 5.41) is 2.44. The van der Waals surface area contributed by atoms with Gasteiger partial charge in [-0.05, 0) is 32.4 Å². The maximum Gasteiger partial charge on any atom is 0.328 e. The first kappa shape index (κ1) is 13.4. The van der Waals surface area contributed by atoms with Crippen molar-refractivity contribution in [3.8, 4) is 0 Å². The zero-order valence-corrected chi connectivity index (χ0v) is 10.7. The van der Waals surface area contributed by atoms with Crippen molar-refractivity contribution in [1.82, 2.24) is 15.0 Å². The Morgan fingerprint density at radius 1 is 1.41 bits per heavy atom.